The van der Waals surface area contributed by atoms with Crippen molar-refractivity contribution in [2.24, 2.45) is 0 Å². The van der Waals surface area contributed by atoms with Gasteiger partial charge in [-0.2, -0.15) is 8.78 Å². The molecule has 8 heteroatoms. The van der Waals surface area contributed by atoms with Crippen LogP contribution in [-0.2, 0) is 10.8 Å². The first-order valence-electron chi connectivity index (χ1n) is 8.86. The van der Waals surface area contributed by atoms with E-state index in [9.17, 15) is 17.8 Å². The minimum absolute atomic E-state index is 0.0248. The van der Waals surface area contributed by atoms with E-state index in [1.807, 2.05) is 0 Å². The van der Waals surface area contributed by atoms with Gasteiger partial charge in [0.05, 0.1) is 28.4 Å². The van der Waals surface area contributed by atoms with Crippen molar-refractivity contribution in [1.29, 1.82) is 0 Å². The van der Waals surface area contributed by atoms with Crippen molar-refractivity contribution >= 4 is 22.4 Å². The summed E-state index contributed by atoms with van der Waals surface area (Å²) in [4.78, 5) is 13.1. The monoisotopic (exact) mass is 431 g/mol. The molecule has 3 aromatic rings. The molecule has 0 heterocycles. The number of hydrogen-bond acceptors (Lipinski definition) is 4. The molecule has 0 aliphatic rings. The molecule has 1 amide bonds. The number of carbonyl (C=O) groups excluding carboxylic acids is 1. The molecule has 156 valence electrons. The summed E-state index contributed by atoms with van der Waals surface area (Å²) in [5.74, 6) is 0.135. The smallest absolute Gasteiger partial charge is 0.387 e. The van der Waals surface area contributed by atoms with E-state index in [2.05, 4.69) is 10.1 Å². The fourth-order valence-corrected chi connectivity index (χ4v) is 3.65. The average Bonchev–Trinajstić information content (AvgIpc) is 2.74. The third-order valence-electron chi connectivity index (χ3n) is 4.30. The Morgan fingerprint density at radius 3 is 2.37 bits per heavy atom. The predicted molar refractivity (Wildman–Crippen MR) is 112 cm³/mol. The van der Waals surface area contributed by atoms with Crippen LogP contribution in [0.15, 0.2) is 71.6 Å². The Hall–Kier alpha value is -3.26. The van der Waals surface area contributed by atoms with Crippen molar-refractivity contribution in [2.75, 3.05) is 18.7 Å². The van der Waals surface area contributed by atoms with Crippen LogP contribution in [-0.4, -0.2) is 30.1 Å². The largest absolute Gasteiger partial charge is 0.497 e. The fraction of sp³-hybridized carbons (Fsp3) is 0.136. The van der Waals surface area contributed by atoms with Gasteiger partial charge in [0.15, 0.2) is 0 Å². The lowest BCUT2D eigenvalue weighted by Gasteiger charge is -2.14. The number of rotatable bonds is 7. The maximum Gasteiger partial charge on any atom is 0.387 e. The first kappa shape index (κ1) is 21.4. The molecule has 0 bridgehead atoms. The molecule has 0 spiro atoms. The lowest BCUT2D eigenvalue weighted by atomic mass is 10.0. The normalized spacial score (nSPS) is 11.8. The van der Waals surface area contributed by atoms with E-state index < -0.39 is 23.3 Å². The summed E-state index contributed by atoms with van der Waals surface area (Å²) in [6, 6.07) is 17.7. The van der Waals surface area contributed by atoms with Crippen LogP contribution in [0.1, 0.15) is 10.4 Å². The predicted octanol–water partition coefficient (Wildman–Crippen LogP) is 4.95. The highest BCUT2D eigenvalue weighted by molar-refractivity contribution is 7.84. The number of alkyl halides is 2. The average molecular weight is 431 g/mol. The van der Waals surface area contributed by atoms with Crippen molar-refractivity contribution < 1.29 is 27.3 Å². The number of benzene rings is 3. The third-order valence-corrected chi connectivity index (χ3v) is 5.27. The van der Waals surface area contributed by atoms with Gasteiger partial charge in [-0.15, -0.1) is 0 Å². The maximum atomic E-state index is 12.8. The quantitative estimate of drug-likeness (QED) is 0.575. The second-order valence-corrected chi connectivity index (χ2v) is 7.57. The zero-order valence-electron chi connectivity index (χ0n) is 16.2. The maximum absolute atomic E-state index is 12.8. The van der Waals surface area contributed by atoms with Gasteiger partial charge in [0, 0.05) is 17.5 Å². The summed E-state index contributed by atoms with van der Waals surface area (Å²) >= 11 is 0. The van der Waals surface area contributed by atoms with Crippen LogP contribution >= 0.6 is 0 Å². The number of methoxy groups -OCH3 is 1. The summed E-state index contributed by atoms with van der Waals surface area (Å²) in [6.45, 7) is -2.99. The van der Waals surface area contributed by atoms with Crippen LogP contribution in [0.3, 0.4) is 0 Å². The first-order chi connectivity index (χ1) is 14.4. The lowest BCUT2D eigenvalue weighted by molar-refractivity contribution is -0.0494. The molecule has 0 aliphatic heterocycles. The molecule has 0 unspecified atom stereocenters. The van der Waals surface area contributed by atoms with Gasteiger partial charge < -0.3 is 14.8 Å². The Balaban J connectivity index is 1.96. The van der Waals surface area contributed by atoms with E-state index in [0.717, 1.165) is 0 Å². The van der Waals surface area contributed by atoms with Crippen molar-refractivity contribution in [3.8, 4) is 22.6 Å². The first-order valence-corrected chi connectivity index (χ1v) is 10.4. The summed E-state index contributed by atoms with van der Waals surface area (Å²) in [7, 11) is 0.183. The zero-order chi connectivity index (χ0) is 21.7. The molecule has 30 heavy (non-hydrogen) atoms. The second-order valence-electron chi connectivity index (χ2n) is 6.22. The van der Waals surface area contributed by atoms with Gasteiger partial charge >= 0.3 is 6.61 Å². The molecular weight excluding hydrogens is 412 g/mol. The molecule has 1 atom stereocenters. The Labute approximate surface area is 175 Å². The van der Waals surface area contributed by atoms with Crippen LogP contribution in [0.2, 0.25) is 0 Å². The number of anilines is 1. The minimum atomic E-state index is -2.99. The summed E-state index contributed by atoms with van der Waals surface area (Å²) in [5, 5.41) is 2.73. The minimum Gasteiger partial charge on any atom is -0.497 e. The topological polar surface area (TPSA) is 64.6 Å². The SMILES string of the molecule is COc1ccc(-c2cc(NC(=O)c3ccccc3[S@@](C)=O)ccc2OC(F)F)cc1. The van der Waals surface area contributed by atoms with Crippen LogP contribution in [0.4, 0.5) is 14.5 Å². The number of carbonyl (C=O) groups is 1. The van der Waals surface area contributed by atoms with E-state index in [-0.39, 0.29) is 11.3 Å². The number of halogens is 2. The van der Waals surface area contributed by atoms with Crippen molar-refractivity contribution in [3.05, 3.63) is 72.3 Å². The molecule has 1 N–H and O–H groups in total. The molecule has 0 radical (unpaired) electrons. The van der Waals surface area contributed by atoms with E-state index in [4.69, 9.17) is 4.74 Å². The molecule has 0 fully saturated rings. The van der Waals surface area contributed by atoms with Gasteiger partial charge in [-0.05, 0) is 48.0 Å². The van der Waals surface area contributed by atoms with Gasteiger partial charge in [0.25, 0.3) is 5.91 Å². The van der Waals surface area contributed by atoms with Gasteiger partial charge in [-0.25, -0.2) is 0 Å². The Morgan fingerprint density at radius 1 is 1.03 bits per heavy atom. The molecule has 3 rings (SSSR count). The van der Waals surface area contributed by atoms with Crippen LogP contribution in [0, 0.1) is 0 Å². The number of amides is 1. The molecule has 0 aromatic heterocycles. The molecule has 0 aliphatic carbocycles. The summed E-state index contributed by atoms with van der Waals surface area (Å²) < 4.78 is 47.3. The Bertz CT molecular complexity index is 1070. The highest BCUT2D eigenvalue weighted by atomic mass is 32.2. The Kier molecular flexibility index (Phi) is 6.79. The van der Waals surface area contributed by atoms with Gasteiger partial charge in [0.2, 0.25) is 0 Å². The molecule has 3 aromatic carbocycles. The molecular formula is C22H19F2NO4S. The second kappa shape index (κ2) is 9.49. The number of nitrogens with one attached hydrogen (secondary N) is 1. The number of hydrogen-bond donors (Lipinski definition) is 1. The van der Waals surface area contributed by atoms with Crippen LogP contribution in [0.25, 0.3) is 11.1 Å². The molecule has 0 saturated heterocycles. The van der Waals surface area contributed by atoms with Crippen molar-refractivity contribution in [2.45, 2.75) is 11.5 Å². The summed E-state index contributed by atoms with van der Waals surface area (Å²) in [6.07, 6.45) is 1.49. The van der Waals surface area contributed by atoms with E-state index in [0.29, 0.717) is 27.5 Å². The van der Waals surface area contributed by atoms with E-state index >= 15 is 0 Å². The van der Waals surface area contributed by atoms with Crippen LogP contribution in [0.5, 0.6) is 11.5 Å². The Morgan fingerprint density at radius 2 is 1.73 bits per heavy atom. The standard InChI is InChI=1S/C22H19F2NO4S/c1-28-16-10-7-14(8-11-16)18-13-15(9-12-19(18)29-22(23)24)25-21(26)17-5-3-4-6-20(17)30(2)27/h3-13,22H,1-2H3,(H,25,26)/t30-/m1/s1. The zero-order valence-corrected chi connectivity index (χ0v) is 17.0. The molecule has 0 saturated carbocycles. The highest BCUT2D eigenvalue weighted by Gasteiger charge is 2.16. The van der Waals surface area contributed by atoms with Crippen molar-refractivity contribution in [1.82, 2.24) is 0 Å². The third kappa shape index (κ3) is 5.01. The van der Waals surface area contributed by atoms with Gasteiger partial charge in [-0.1, -0.05) is 24.3 Å². The van der Waals surface area contributed by atoms with E-state index in [1.54, 1.807) is 54.6 Å². The summed E-state index contributed by atoms with van der Waals surface area (Å²) in [5.41, 5.74) is 1.64. The van der Waals surface area contributed by atoms with Gasteiger partial charge in [-0.3, -0.25) is 9.00 Å². The lowest BCUT2D eigenvalue weighted by Crippen LogP contribution is -2.14. The highest BCUT2D eigenvalue weighted by Crippen LogP contribution is 2.35. The van der Waals surface area contributed by atoms with Crippen LogP contribution < -0.4 is 14.8 Å². The number of ether oxygens (including phenoxy) is 2. The van der Waals surface area contributed by atoms with Crippen molar-refractivity contribution in [3.63, 3.8) is 0 Å². The van der Waals surface area contributed by atoms with Gasteiger partial charge in [0.1, 0.15) is 11.5 Å². The fourth-order valence-electron chi connectivity index (χ4n) is 2.91. The molecule has 5 nitrogen and oxygen atoms in total. The van der Waals surface area contributed by atoms with E-state index in [1.165, 1.54) is 25.5 Å².